The van der Waals surface area contributed by atoms with E-state index in [1.54, 1.807) is 10.9 Å². The first-order valence-corrected chi connectivity index (χ1v) is 5.69. The van der Waals surface area contributed by atoms with Gasteiger partial charge >= 0.3 is 0 Å². The minimum absolute atomic E-state index is 0.176. The average Bonchev–Trinajstić information content (AvgIpc) is 2.94. The van der Waals surface area contributed by atoms with Crippen LogP contribution < -0.4 is 5.32 Å². The van der Waals surface area contributed by atoms with Gasteiger partial charge in [-0.25, -0.2) is 0 Å². The van der Waals surface area contributed by atoms with Crippen LogP contribution in [0.3, 0.4) is 0 Å². The van der Waals surface area contributed by atoms with Gasteiger partial charge in [0.15, 0.2) is 5.65 Å². The molecule has 0 aliphatic carbocycles. The number of rotatable bonds is 3. The van der Waals surface area contributed by atoms with Crippen LogP contribution in [0.1, 0.15) is 5.69 Å². The standard InChI is InChI=1S/C10H10ClN7/c1-18-3-2-6(17-18)4-12-8-7-5-13-16-9(7)15-10(11)14-8/h2-3,5H,4H2,1H3,(H2,12,13,14,15,16). The number of anilines is 1. The molecule has 0 bridgehead atoms. The van der Waals surface area contributed by atoms with Gasteiger partial charge in [0.2, 0.25) is 5.28 Å². The SMILES string of the molecule is Cn1ccc(CNc2nc(Cl)nc3[nH]ncc23)n1. The van der Waals surface area contributed by atoms with Gasteiger partial charge in [0.1, 0.15) is 5.82 Å². The molecule has 92 valence electrons. The molecule has 3 rings (SSSR count). The molecule has 0 unspecified atom stereocenters. The van der Waals surface area contributed by atoms with Gasteiger partial charge in [0.05, 0.1) is 23.8 Å². The summed E-state index contributed by atoms with van der Waals surface area (Å²) in [6.07, 6.45) is 3.55. The Kier molecular flexibility index (Phi) is 2.60. The molecule has 0 radical (unpaired) electrons. The van der Waals surface area contributed by atoms with E-state index in [0.717, 1.165) is 11.1 Å². The van der Waals surface area contributed by atoms with Gasteiger partial charge in [-0.2, -0.15) is 20.2 Å². The third kappa shape index (κ3) is 2.00. The summed E-state index contributed by atoms with van der Waals surface area (Å²) in [6.45, 7) is 0.564. The molecule has 2 N–H and O–H groups in total. The molecule has 3 aromatic rings. The Bertz CT molecular complexity index is 686. The third-order valence-corrected chi connectivity index (χ3v) is 2.66. The molecule has 0 aliphatic heterocycles. The molecule has 18 heavy (non-hydrogen) atoms. The van der Waals surface area contributed by atoms with E-state index in [2.05, 4.69) is 30.6 Å². The first kappa shape index (κ1) is 11.0. The molecule has 7 nitrogen and oxygen atoms in total. The number of H-pyrrole nitrogens is 1. The lowest BCUT2D eigenvalue weighted by atomic mass is 10.3. The van der Waals surface area contributed by atoms with Gasteiger partial charge in [-0.3, -0.25) is 9.78 Å². The second-order valence-electron chi connectivity index (χ2n) is 3.81. The smallest absolute Gasteiger partial charge is 0.226 e. The van der Waals surface area contributed by atoms with E-state index in [-0.39, 0.29) is 5.28 Å². The van der Waals surface area contributed by atoms with Crippen LogP contribution in [0.5, 0.6) is 0 Å². The molecule has 0 saturated carbocycles. The lowest BCUT2D eigenvalue weighted by molar-refractivity contribution is 0.747. The molecule has 8 heteroatoms. The highest BCUT2D eigenvalue weighted by molar-refractivity contribution is 6.28. The van der Waals surface area contributed by atoms with E-state index in [4.69, 9.17) is 11.6 Å². The van der Waals surface area contributed by atoms with Crippen molar-refractivity contribution < 1.29 is 0 Å². The number of aromatic nitrogens is 6. The van der Waals surface area contributed by atoms with Crippen molar-refractivity contribution in [2.75, 3.05) is 5.32 Å². The van der Waals surface area contributed by atoms with E-state index < -0.39 is 0 Å². The van der Waals surface area contributed by atoms with Crippen LogP contribution in [0.25, 0.3) is 11.0 Å². The van der Waals surface area contributed by atoms with Crippen molar-refractivity contribution in [2.45, 2.75) is 6.54 Å². The van der Waals surface area contributed by atoms with Gasteiger partial charge in [-0.05, 0) is 17.7 Å². The molecule has 0 aromatic carbocycles. The highest BCUT2D eigenvalue weighted by atomic mass is 35.5. The average molecular weight is 264 g/mol. The molecule has 0 saturated heterocycles. The number of nitrogens with zero attached hydrogens (tertiary/aromatic N) is 5. The number of halogens is 1. The first-order chi connectivity index (χ1) is 8.72. The van der Waals surface area contributed by atoms with Crippen molar-refractivity contribution >= 4 is 28.5 Å². The predicted molar refractivity (Wildman–Crippen MR) is 67.2 cm³/mol. The van der Waals surface area contributed by atoms with Crippen molar-refractivity contribution in [2.24, 2.45) is 7.05 Å². The Morgan fingerprint density at radius 1 is 1.44 bits per heavy atom. The van der Waals surface area contributed by atoms with Crippen LogP contribution >= 0.6 is 11.6 Å². The number of aromatic amines is 1. The van der Waals surface area contributed by atoms with Crippen molar-refractivity contribution in [1.29, 1.82) is 0 Å². The highest BCUT2D eigenvalue weighted by Gasteiger charge is 2.08. The maximum Gasteiger partial charge on any atom is 0.226 e. The minimum atomic E-state index is 0.176. The Morgan fingerprint density at radius 2 is 2.33 bits per heavy atom. The van der Waals surface area contributed by atoms with E-state index in [0.29, 0.717) is 18.0 Å². The molecule has 0 atom stereocenters. The zero-order valence-electron chi connectivity index (χ0n) is 9.55. The lowest BCUT2D eigenvalue weighted by Crippen LogP contribution is -2.04. The topological polar surface area (TPSA) is 84.3 Å². The van der Waals surface area contributed by atoms with Gasteiger partial charge in [0.25, 0.3) is 0 Å². The summed E-state index contributed by atoms with van der Waals surface area (Å²) >= 11 is 5.84. The van der Waals surface area contributed by atoms with Crippen LogP contribution in [0.15, 0.2) is 18.5 Å². The van der Waals surface area contributed by atoms with E-state index in [1.807, 2.05) is 19.3 Å². The van der Waals surface area contributed by atoms with Crippen molar-refractivity contribution in [3.8, 4) is 0 Å². The lowest BCUT2D eigenvalue weighted by Gasteiger charge is -2.04. The van der Waals surface area contributed by atoms with Gasteiger partial charge in [-0.15, -0.1) is 0 Å². The van der Waals surface area contributed by atoms with Crippen LogP contribution in [0.2, 0.25) is 5.28 Å². The Labute approximate surface area is 107 Å². The number of fused-ring (bicyclic) bond motifs is 1. The van der Waals surface area contributed by atoms with Crippen LogP contribution in [-0.4, -0.2) is 29.9 Å². The van der Waals surface area contributed by atoms with E-state index in [9.17, 15) is 0 Å². The third-order valence-electron chi connectivity index (χ3n) is 2.49. The van der Waals surface area contributed by atoms with Gasteiger partial charge < -0.3 is 5.32 Å². The monoisotopic (exact) mass is 263 g/mol. The fourth-order valence-corrected chi connectivity index (χ4v) is 1.84. The maximum absolute atomic E-state index is 5.84. The van der Waals surface area contributed by atoms with E-state index >= 15 is 0 Å². The number of hydrogen-bond acceptors (Lipinski definition) is 5. The zero-order chi connectivity index (χ0) is 12.5. The van der Waals surface area contributed by atoms with Gasteiger partial charge in [0, 0.05) is 13.2 Å². The Hall–Kier alpha value is -2.15. The summed E-state index contributed by atoms with van der Waals surface area (Å²) in [6, 6.07) is 1.93. The summed E-state index contributed by atoms with van der Waals surface area (Å²) in [4.78, 5) is 8.18. The zero-order valence-corrected chi connectivity index (χ0v) is 10.3. The summed E-state index contributed by atoms with van der Waals surface area (Å²) in [7, 11) is 1.87. The summed E-state index contributed by atoms with van der Waals surface area (Å²) in [5, 5.41) is 15.1. The van der Waals surface area contributed by atoms with Crippen LogP contribution in [0, 0.1) is 0 Å². The van der Waals surface area contributed by atoms with Crippen molar-refractivity contribution in [1.82, 2.24) is 29.9 Å². The van der Waals surface area contributed by atoms with Crippen LogP contribution in [0.4, 0.5) is 5.82 Å². The van der Waals surface area contributed by atoms with E-state index in [1.165, 1.54) is 0 Å². The summed E-state index contributed by atoms with van der Waals surface area (Å²) in [5.74, 6) is 0.643. The molecular formula is C10H10ClN7. The quantitative estimate of drug-likeness (QED) is 0.697. The van der Waals surface area contributed by atoms with Crippen LogP contribution in [-0.2, 0) is 13.6 Å². The largest absolute Gasteiger partial charge is 0.364 e. The normalized spacial score (nSPS) is 11.0. The molecule has 3 aromatic heterocycles. The molecule has 0 amide bonds. The molecule has 3 heterocycles. The molecule has 0 spiro atoms. The maximum atomic E-state index is 5.84. The second-order valence-corrected chi connectivity index (χ2v) is 4.15. The number of nitrogens with one attached hydrogen (secondary N) is 2. The first-order valence-electron chi connectivity index (χ1n) is 5.31. The minimum Gasteiger partial charge on any atom is -0.364 e. The van der Waals surface area contributed by atoms with Gasteiger partial charge in [-0.1, -0.05) is 0 Å². The molecule has 0 fully saturated rings. The Balaban J connectivity index is 1.87. The second kappa shape index (κ2) is 4.26. The van der Waals surface area contributed by atoms with Crippen molar-refractivity contribution in [3.05, 3.63) is 29.4 Å². The van der Waals surface area contributed by atoms with Crippen molar-refractivity contribution in [3.63, 3.8) is 0 Å². The summed E-state index contributed by atoms with van der Waals surface area (Å²) in [5.41, 5.74) is 1.53. The molecule has 0 aliphatic rings. The number of aryl methyl sites for hydroxylation is 1. The highest BCUT2D eigenvalue weighted by Crippen LogP contribution is 2.20. The number of hydrogen-bond donors (Lipinski definition) is 2. The fourth-order valence-electron chi connectivity index (χ4n) is 1.67. The summed E-state index contributed by atoms with van der Waals surface area (Å²) < 4.78 is 1.75. The fraction of sp³-hybridized carbons (Fsp3) is 0.200. The molecular weight excluding hydrogens is 254 g/mol. The Morgan fingerprint density at radius 3 is 3.11 bits per heavy atom. The predicted octanol–water partition coefficient (Wildman–Crippen LogP) is 1.35.